The number of carbonyl (C=O) groups is 4. The van der Waals surface area contributed by atoms with E-state index < -0.39 is 11.9 Å². The minimum Gasteiger partial charge on any atom is -0.478 e. The number of nitrogens with zero attached hydrogens (tertiary/aromatic N) is 1. The first-order valence-electron chi connectivity index (χ1n) is 9.63. The summed E-state index contributed by atoms with van der Waals surface area (Å²) in [7, 11) is 0. The van der Waals surface area contributed by atoms with Gasteiger partial charge in [-0.2, -0.15) is 0 Å². The van der Waals surface area contributed by atoms with E-state index in [-0.39, 0.29) is 29.2 Å². The molecule has 1 aliphatic heterocycles. The summed E-state index contributed by atoms with van der Waals surface area (Å²) in [5, 5.41) is 11.7. The largest absolute Gasteiger partial charge is 0.478 e. The third kappa shape index (κ3) is 3.50. The number of carboxylic acid groups (broad SMARTS) is 1. The lowest BCUT2D eigenvalue weighted by Crippen LogP contribution is -2.30. The van der Waals surface area contributed by atoms with Crippen molar-refractivity contribution in [2.24, 2.45) is 11.8 Å². The molecule has 2 atom stereocenters. The first-order valence-corrected chi connectivity index (χ1v) is 9.63. The smallest absolute Gasteiger partial charge is 0.335 e. The average molecular weight is 404 g/mol. The molecule has 2 aromatic carbocycles. The quantitative estimate of drug-likeness (QED) is 0.600. The highest BCUT2D eigenvalue weighted by Gasteiger charge is 2.48. The summed E-state index contributed by atoms with van der Waals surface area (Å²) < 4.78 is 0. The Labute approximate surface area is 173 Å². The van der Waals surface area contributed by atoms with Gasteiger partial charge in [-0.25, -0.2) is 4.79 Å². The molecule has 30 heavy (non-hydrogen) atoms. The lowest BCUT2D eigenvalue weighted by atomic mass is 9.82. The van der Waals surface area contributed by atoms with Crippen LogP contribution in [0.3, 0.4) is 0 Å². The molecule has 0 unspecified atom stereocenters. The summed E-state index contributed by atoms with van der Waals surface area (Å²) in [6.45, 7) is 1.97. The molecule has 2 N–H and O–H groups in total. The van der Waals surface area contributed by atoms with Crippen molar-refractivity contribution >= 4 is 35.1 Å². The zero-order valence-electron chi connectivity index (χ0n) is 16.3. The number of rotatable bonds is 4. The van der Waals surface area contributed by atoms with Crippen LogP contribution in [0.4, 0.5) is 11.4 Å². The van der Waals surface area contributed by atoms with Gasteiger partial charge in [0.1, 0.15) is 0 Å². The van der Waals surface area contributed by atoms with E-state index in [9.17, 15) is 19.2 Å². The van der Waals surface area contributed by atoms with E-state index in [1.165, 1.54) is 29.2 Å². The summed E-state index contributed by atoms with van der Waals surface area (Å²) in [6, 6.07) is 12.2. The zero-order chi connectivity index (χ0) is 21.4. The van der Waals surface area contributed by atoms with Gasteiger partial charge in [-0.15, -0.1) is 0 Å². The van der Waals surface area contributed by atoms with E-state index in [0.29, 0.717) is 29.8 Å². The molecule has 4 rings (SSSR count). The first-order chi connectivity index (χ1) is 14.3. The van der Waals surface area contributed by atoms with Crippen LogP contribution in [0.1, 0.15) is 40.5 Å². The molecule has 0 bridgehead atoms. The number of benzene rings is 2. The fourth-order valence-corrected chi connectivity index (χ4v) is 3.99. The number of carbonyl (C=O) groups excluding carboxylic acids is 3. The van der Waals surface area contributed by atoms with Gasteiger partial charge in [-0.05, 0) is 62.2 Å². The van der Waals surface area contributed by atoms with Crippen LogP contribution >= 0.6 is 0 Å². The van der Waals surface area contributed by atoms with Crippen LogP contribution in [0.15, 0.2) is 60.2 Å². The third-order valence-corrected chi connectivity index (χ3v) is 5.58. The Hall–Kier alpha value is -3.74. The van der Waals surface area contributed by atoms with Crippen LogP contribution in [-0.2, 0) is 9.59 Å². The van der Waals surface area contributed by atoms with Gasteiger partial charge in [0.05, 0.1) is 23.1 Å². The van der Waals surface area contributed by atoms with E-state index in [0.717, 1.165) is 5.57 Å². The lowest BCUT2D eigenvalue weighted by Gasteiger charge is -2.18. The number of carboxylic acids is 1. The summed E-state index contributed by atoms with van der Waals surface area (Å²) in [6.07, 6.45) is 3.19. The molecule has 1 fully saturated rings. The van der Waals surface area contributed by atoms with Gasteiger partial charge in [0.15, 0.2) is 0 Å². The number of amides is 3. The predicted octanol–water partition coefficient (Wildman–Crippen LogP) is 3.48. The molecular weight excluding hydrogens is 384 g/mol. The Morgan fingerprint density at radius 3 is 2.40 bits per heavy atom. The van der Waals surface area contributed by atoms with Crippen LogP contribution in [0.25, 0.3) is 0 Å². The molecule has 7 heteroatoms. The fraction of sp³-hybridized carbons (Fsp3) is 0.217. The van der Waals surface area contributed by atoms with Crippen molar-refractivity contribution in [3.63, 3.8) is 0 Å². The summed E-state index contributed by atoms with van der Waals surface area (Å²) in [5.41, 5.74) is 2.33. The molecule has 0 spiro atoms. The molecule has 0 radical (unpaired) electrons. The van der Waals surface area contributed by atoms with E-state index in [1.807, 2.05) is 13.0 Å². The summed E-state index contributed by atoms with van der Waals surface area (Å²) in [4.78, 5) is 50.3. The first kappa shape index (κ1) is 19.6. The Bertz CT molecular complexity index is 1090. The van der Waals surface area contributed by atoms with E-state index in [1.54, 1.807) is 24.3 Å². The third-order valence-electron chi connectivity index (χ3n) is 5.58. The number of anilines is 2. The standard InChI is InChI=1S/C23H20N2O5/c1-13-5-10-18-19(11-13)22(28)25(21(18)27)17-8-6-14(7-9-17)20(26)24-16-4-2-3-15(12-16)23(29)30/h2-9,12,18-19H,10-11H2,1H3,(H,24,26)(H,29,30)/t18-,19-/m1/s1. The van der Waals surface area contributed by atoms with Crippen LogP contribution in [0, 0.1) is 11.8 Å². The van der Waals surface area contributed by atoms with Crippen molar-refractivity contribution in [3.8, 4) is 0 Å². The highest BCUT2D eigenvalue weighted by atomic mass is 16.4. The summed E-state index contributed by atoms with van der Waals surface area (Å²) >= 11 is 0. The number of hydrogen-bond donors (Lipinski definition) is 2. The fourth-order valence-electron chi connectivity index (χ4n) is 3.99. The molecule has 3 amide bonds. The van der Waals surface area contributed by atoms with Gasteiger partial charge in [-0.3, -0.25) is 19.3 Å². The highest BCUT2D eigenvalue weighted by Crippen LogP contribution is 2.39. The highest BCUT2D eigenvalue weighted by molar-refractivity contribution is 6.22. The van der Waals surface area contributed by atoms with Crippen molar-refractivity contribution in [1.82, 2.24) is 0 Å². The molecule has 0 saturated carbocycles. The Morgan fingerprint density at radius 2 is 1.70 bits per heavy atom. The Morgan fingerprint density at radius 1 is 1.00 bits per heavy atom. The minimum absolute atomic E-state index is 0.0698. The van der Waals surface area contributed by atoms with Crippen molar-refractivity contribution in [2.75, 3.05) is 10.2 Å². The Balaban J connectivity index is 1.50. The summed E-state index contributed by atoms with van der Waals surface area (Å²) in [5.74, 6) is -2.52. The van der Waals surface area contributed by atoms with Crippen molar-refractivity contribution < 1.29 is 24.3 Å². The van der Waals surface area contributed by atoms with Gasteiger partial charge >= 0.3 is 5.97 Å². The van der Waals surface area contributed by atoms with Gasteiger partial charge in [0.2, 0.25) is 11.8 Å². The minimum atomic E-state index is -1.08. The number of fused-ring (bicyclic) bond motifs is 1. The lowest BCUT2D eigenvalue weighted by molar-refractivity contribution is -0.122. The second kappa shape index (κ2) is 7.59. The maximum absolute atomic E-state index is 12.8. The van der Waals surface area contributed by atoms with E-state index >= 15 is 0 Å². The van der Waals surface area contributed by atoms with E-state index in [2.05, 4.69) is 5.32 Å². The molecule has 1 saturated heterocycles. The van der Waals surface area contributed by atoms with Crippen molar-refractivity contribution in [2.45, 2.75) is 19.8 Å². The van der Waals surface area contributed by atoms with Gasteiger partial charge < -0.3 is 10.4 Å². The normalized spacial score (nSPS) is 20.6. The van der Waals surface area contributed by atoms with Crippen molar-refractivity contribution in [3.05, 3.63) is 71.3 Å². The molecule has 1 heterocycles. The van der Waals surface area contributed by atoms with Crippen LogP contribution in [0.2, 0.25) is 0 Å². The molecule has 7 nitrogen and oxygen atoms in total. The molecule has 1 aliphatic carbocycles. The molecule has 152 valence electrons. The molecular formula is C23H20N2O5. The van der Waals surface area contributed by atoms with Gasteiger partial charge in [0, 0.05) is 11.3 Å². The van der Waals surface area contributed by atoms with Gasteiger partial charge in [0.25, 0.3) is 5.91 Å². The maximum atomic E-state index is 12.8. The zero-order valence-corrected chi connectivity index (χ0v) is 16.3. The maximum Gasteiger partial charge on any atom is 0.335 e. The number of hydrogen-bond acceptors (Lipinski definition) is 4. The number of nitrogens with one attached hydrogen (secondary N) is 1. The second-order valence-electron chi connectivity index (χ2n) is 7.60. The number of imide groups is 1. The molecule has 2 aliphatic rings. The van der Waals surface area contributed by atoms with Crippen molar-refractivity contribution in [1.29, 1.82) is 0 Å². The van der Waals surface area contributed by atoms with E-state index in [4.69, 9.17) is 5.11 Å². The topological polar surface area (TPSA) is 104 Å². The Kier molecular flexibility index (Phi) is 4.95. The van der Waals surface area contributed by atoms with Crippen LogP contribution < -0.4 is 10.2 Å². The predicted molar refractivity (Wildman–Crippen MR) is 110 cm³/mol. The van der Waals surface area contributed by atoms with Crippen LogP contribution in [-0.4, -0.2) is 28.8 Å². The average Bonchev–Trinajstić information content (AvgIpc) is 2.98. The molecule has 0 aromatic heterocycles. The SMILES string of the molecule is CC1=CC[C@H]2C(=O)N(c3ccc(C(=O)Nc4cccc(C(=O)O)c4)cc3)C(=O)[C@@H]2C1. The monoisotopic (exact) mass is 404 g/mol. The second-order valence-corrected chi connectivity index (χ2v) is 7.60. The van der Waals surface area contributed by atoms with Crippen LogP contribution in [0.5, 0.6) is 0 Å². The molecule has 2 aromatic rings. The number of aromatic carboxylic acids is 1. The van der Waals surface area contributed by atoms with Gasteiger partial charge in [-0.1, -0.05) is 17.7 Å². The number of allylic oxidation sites excluding steroid dienone is 2.